The summed E-state index contributed by atoms with van der Waals surface area (Å²) in [5.41, 5.74) is 0.442. The summed E-state index contributed by atoms with van der Waals surface area (Å²) in [6.45, 7) is 8.01. The molecule has 1 amide bonds. The van der Waals surface area contributed by atoms with Crippen molar-refractivity contribution >= 4 is 35.8 Å². The number of likely N-dealkylation sites (tertiary alicyclic amines) is 1. The highest BCUT2D eigenvalue weighted by Gasteiger charge is 2.31. The molecule has 1 atom stereocenters. The SMILES string of the molecule is CCC1(CNC(=NC)NCCC(=O)N2CCCC(C)C2)CCCC1.I. The Morgan fingerprint density at radius 2 is 1.96 bits per heavy atom. The highest BCUT2D eigenvalue weighted by molar-refractivity contribution is 14.0. The number of nitrogens with one attached hydrogen (secondary N) is 2. The molecule has 0 aromatic rings. The molecule has 0 bridgehead atoms. The smallest absolute Gasteiger partial charge is 0.224 e. The quantitative estimate of drug-likeness (QED) is 0.360. The third-order valence-electron chi connectivity index (χ3n) is 5.91. The van der Waals surface area contributed by atoms with E-state index in [4.69, 9.17) is 0 Å². The summed E-state index contributed by atoms with van der Waals surface area (Å²) < 4.78 is 0. The summed E-state index contributed by atoms with van der Waals surface area (Å²) in [5, 5.41) is 6.78. The summed E-state index contributed by atoms with van der Waals surface area (Å²) in [6, 6.07) is 0. The number of carbonyl (C=O) groups excluding carboxylic acids is 1. The van der Waals surface area contributed by atoms with Crippen LogP contribution in [0.2, 0.25) is 0 Å². The van der Waals surface area contributed by atoms with Gasteiger partial charge >= 0.3 is 0 Å². The molecule has 25 heavy (non-hydrogen) atoms. The maximum absolute atomic E-state index is 12.3. The first-order chi connectivity index (χ1) is 11.6. The van der Waals surface area contributed by atoms with E-state index in [1.165, 1.54) is 38.5 Å². The molecule has 2 N–H and O–H groups in total. The van der Waals surface area contributed by atoms with Gasteiger partial charge in [0.25, 0.3) is 0 Å². The highest BCUT2D eigenvalue weighted by atomic mass is 127. The zero-order chi connectivity index (χ0) is 17.4. The van der Waals surface area contributed by atoms with Crippen molar-refractivity contribution in [2.45, 2.75) is 65.2 Å². The van der Waals surface area contributed by atoms with Gasteiger partial charge in [0.1, 0.15) is 0 Å². The fourth-order valence-electron chi connectivity index (χ4n) is 4.13. The fraction of sp³-hybridized carbons (Fsp3) is 0.895. The lowest BCUT2D eigenvalue weighted by Crippen LogP contribution is -2.45. The van der Waals surface area contributed by atoms with Crippen molar-refractivity contribution in [3.63, 3.8) is 0 Å². The minimum absolute atomic E-state index is 0. The molecule has 146 valence electrons. The summed E-state index contributed by atoms with van der Waals surface area (Å²) in [4.78, 5) is 18.6. The first-order valence-electron chi connectivity index (χ1n) is 9.81. The van der Waals surface area contributed by atoms with Crippen LogP contribution in [0.5, 0.6) is 0 Å². The zero-order valence-electron chi connectivity index (χ0n) is 16.3. The number of halogens is 1. The van der Waals surface area contributed by atoms with E-state index in [9.17, 15) is 4.79 Å². The van der Waals surface area contributed by atoms with Gasteiger partial charge in [0, 0.05) is 39.6 Å². The fourth-order valence-corrected chi connectivity index (χ4v) is 4.13. The molecule has 1 heterocycles. The number of hydrogen-bond donors (Lipinski definition) is 2. The molecule has 1 unspecified atom stereocenters. The van der Waals surface area contributed by atoms with Crippen LogP contribution in [0.4, 0.5) is 0 Å². The second kappa shape index (κ2) is 11.2. The van der Waals surface area contributed by atoms with Gasteiger partial charge in [-0.1, -0.05) is 26.7 Å². The average Bonchev–Trinajstić information content (AvgIpc) is 3.07. The maximum atomic E-state index is 12.3. The van der Waals surface area contributed by atoms with E-state index in [2.05, 4.69) is 29.5 Å². The van der Waals surface area contributed by atoms with E-state index in [0.717, 1.165) is 32.0 Å². The van der Waals surface area contributed by atoms with Crippen molar-refractivity contribution in [2.75, 3.05) is 33.2 Å². The van der Waals surface area contributed by atoms with Crippen molar-refractivity contribution in [3.05, 3.63) is 0 Å². The number of piperidine rings is 1. The van der Waals surface area contributed by atoms with E-state index < -0.39 is 0 Å². The summed E-state index contributed by atoms with van der Waals surface area (Å²) in [5.74, 6) is 1.74. The van der Waals surface area contributed by atoms with Gasteiger partial charge in [-0.2, -0.15) is 0 Å². The Kier molecular flexibility index (Phi) is 10.1. The van der Waals surface area contributed by atoms with E-state index >= 15 is 0 Å². The van der Waals surface area contributed by atoms with Crippen LogP contribution in [0.1, 0.15) is 65.2 Å². The number of hydrogen-bond acceptors (Lipinski definition) is 2. The molecule has 1 saturated heterocycles. The number of carbonyl (C=O) groups is 1. The summed E-state index contributed by atoms with van der Waals surface area (Å²) >= 11 is 0. The van der Waals surface area contributed by atoms with Crippen LogP contribution in [-0.4, -0.2) is 50.0 Å². The molecule has 5 nitrogen and oxygen atoms in total. The Bertz CT molecular complexity index is 435. The van der Waals surface area contributed by atoms with Crippen LogP contribution in [0.3, 0.4) is 0 Å². The molecule has 6 heteroatoms. The molecule has 1 aliphatic heterocycles. The predicted octanol–water partition coefficient (Wildman–Crippen LogP) is 3.39. The Hall–Kier alpha value is -0.530. The highest BCUT2D eigenvalue weighted by Crippen LogP contribution is 2.40. The van der Waals surface area contributed by atoms with Gasteiger partial charge in [-0.25, -0.2) is 0 Å². The second-order valence-corrected chi connectivity index (χ2v) is 7.75. The third kappa shape index (κ3) is 6.94. The number of guanidine groups is 1. The molecule has 1 saturated carbocycles. The van der Waals surface area contributed by atoms with Gasteiger partial charge in [-0.05, 0) is 43.4 Å². The van der Waals surface area contributed by atoms with Gasteiger partial charge < -0.3 is 15.5 Å². The Balaban J connectivity index is 0.00000312. The van der Waals surface area contributed by atoms with Gasteiger partial charge in [0.2, 0.25) is 5.91 Å². The molecule has 0 aromatic heterocycles. The van der Waals surface area contributed by atoms with Gasteiger partial charge in [-0.3, -0.25) is 9.79 Å². The standard InChI is InChI=1S/C19H36N4O.HI/c1-4-19(10-5-6-11-19)15-22-18(20-3)21-12-9-17(24)23-13-7-8-16(2)14-23;/h16H,4-15H2,1-3H3,(H2,20,21,22);1H. The van der Waals surface area contributed by atoms with Crippen LogP contribution in [0.25, 0.3) is 0 Å². The normalized spacial score (nSPS) is 23.1. The molecule has 2 fully saturated rings. The van der Waals surface area contributed by atoms with Crippen molar-refractivity contribution in [1.82, 2.24) is 15.5 Å². The second-order valence-electron chi connectivity index (χ2n) is 7.75. The Morgan fingerprint density at radius 1 is 1.24 bits per heavy atom. The van der Waals surface area contributed by atoms with Gasteiger partial charge in [-0.15, -0.1) is 24.0 Å². The van der Waals surface area contributed by atoms with E-state index in [0.29, 0.717) is 24.3 Å². The van der Waals surface area contributed by atoms with Crippen LogP contribution >= 0.6 is 24.0 Å². The van der Waals surface area contributed by atoms with E-state index in [1.54, 1.807) is 7.05 Å². The Labute approximate surface area is 170 Å². The number of nitrogens with zero attached hydrogens (tertiary/aromatic N) is 2. The van der Waals surface area contributed by atoms with E-state index in [1.807, 2.05) is 4.90 Å². The molecule has 2 rings (SSSR count). The minimum Gasteiger partial charge on any atom is -0.356 e. The average molecular weight is 464 g/mol. The lowest BCUT2D eigenvalue weighted by atomic mass is 9.83. The molecule has 2 aliphatic rings. The zero-order valence-corrected chi connectivity index (χ0v) is 18.6. The monoisotopic (exact) mass is 464 g/mol. The van der Waals surface area contributed by atoms with Crippen LogP contribution in [0, 0.1) is 11.3 Å². The predicted molar refractivity (Wildman–Crippen MR) is 116 cm³/mol. The van der Waals surface area contributed by atoms with Crippen LogP contribution in [0.15, 0.2) is 4.99 Å². The molecular formula is C19H37IN4O. The summed E-state index contributed by atoms with van der Waals surface area (Å²) in [7, 11) is 1.80. The molecular weight excluding hydrogens is 427 g/mol. The lowest BCUT2D eigenvalue weighted by Gasteiger charge is -2.31. The van der Waals surface area contributed by atoms with Crippen LogP contribution in [-0.2, 0) is 4.79 Å². The number of amides is 1. The topological polar surface area (TPSA) is 56.7 Å². The molecule has 0 aromatic carbocycles. The first-order valence-corrected chi connectivity index (χ1v) is 9.81. The summed E-state index contributed by atoms with van der Waals surface area (Å²) in [6.07, 6.45) is 9.50. The third-order valence-corrected chi connectivity index (χ3v) is 5.91. The maximum Gasteiger partial charge on any atom is 0.224 e. The van der Waals surface area contributed by atoms with Crippen LogP contribution < -0.4 is 10.6 Å². The van der Waals surface area contributed by atoms with Crippen molar-refractivity contribution < 1.29 is 4.79 Å². The molecule has 0 spiro atoms. The molecule has 0 radical (unpaired) electrons. The minimum atomic E-state index is 0. The van der Waals surface area contributed by atoms with Gasteiger partial charge in [0.15, 0.2) is 5.96 Å². The number of aliphatic imine (C=N–C) groups is 1. The van der Waals surface area contributed by atoms with Gasteiger partial charge in [0.05, 0.1) is 0 Å². The number of rotatable bonds is 6. The molecule has 1 aliphatic carbocycles. The lowest BCUT2D eigenvalue weighted by molar-refractivity contribution is -0.132. The van der Waals surface area contributed by atoms with Crippen molar-refractivity contribution in [2.24, 2.45) is 16.3 Å². The van der Waals surface area contributed by atoms with Crippen molar-refractivity contribution in [1.29, 1.82) is 0 Å². The van der Waals surface area contributed by atoms with Crippen molar-refractivity contribution in [3.8, 4) is 0 Å². The first kappa shape index (κ1) is 22.5. The van der Waals surface area contributed by atoms with E-state index in [-0.39, 0.29) is 29.9 Å². The largest absolute Gasteiger partial charge is 0.356 e. The Morgan fingerprint density at radius 3 is 2.56 bits per heavy atom.